The lowest BCUT2D eigenvalue weighted by atomic mass is 10.1. The molecule has 0 aliphatic carbocycles. The molecule has 154 valence electrons. The van der Waals surface area contributed by atoms with E-state index in [1.54, 1.807) is 18.2 Å². The summed E-state index contributed by atoms with van der Waals surface area (Å²) in [7, 11) is 0. The first kappa shape index (κ1) is 23.9. The van der Waals surface area contributed by atoms with E-state index in [0.29, 0.717) is 5.75 Å². The van der Waals surface area contributed by atoms with Gasteiger partial charge in [-0.3, -0.25) is 0 Å². The van der Waals surface area contributed by atoms with Gasteiger partial charge in [-0.25, -0.2) is 4.79 Å². The predicted octanol–water partition coefficient (Wildman–Crippen LogP) is 7.96. The van der Waals surface area contributed by atoms with Crippen LogP contribution in [0.25, 0.3) is 0 Å². The molecular formula is C26H38O2. The van der Waals surface area contributed by atoms with Crippen LogP contribution >= 0.6 is 0 Å². The van der Waals surface area contributed by atoms with E-state index in [2.05, 4.69) is 13.0 Å². The first-order valence-corrected chi connectivity index (χ1v) is 11.1. The van der Waals surface area contributed by atoms with Crippen LogP contribution in [0.1, 0.15) is 84.0 Å². The lowest BCUT2D eigenvalue weighted by molar-refractivity contribution is -0.128. The predicted molar refractivity (Wildman–Crippen MR) is 121 cm³/mol. The lowest BCUT2D eigenvalue weighted by Crippen LogP contribution is -2.02. The molecule has 0 heterocycles. The summed E-state index contributed by atoms with van der Waals surface area (Å²) >= 11 is 0. The topological polar surface area (TPSA) is 26.3 Å². The summed E-state index contributed by atoms with van der Waals surface area (Å²) in [5, 5.41) is 0. The van der Waals surface area contributed by atoms with Crippen LogP contribution in [0.3, 0.4) is 0 Å². The molecule has 0 amide bonds. The smallest absolute Gasteiger partial charge is 0.336 e. The Balaban J connectivity index is 1.92. The number of allylic oxidation sites excluding steroid dienone is 5. The maximum atomic E-state index is 11.6. The largest absolute Gasteiger partial charge is 0.423 e. The summed E-state index contributed by atoms with van der Waals surface area (Å²) in [5.41, 5.74) is 0. The molecular weight excluding hydrogens is 344 g/mol. The van der Waals surface area contributed by atoms with Gasteiger partial charge in [-0.15, -0.1) is 0 Å². The van der Waals surface area contributed by atoms with Gasteiger partial charge in [0, 0.05) is 6.08 Å². The van der Waals surface area contributed by atoms with Crippen LogP contribution in [-0.4, -0.2) is 5.97 Å². The molecule has 0 bridgehead atoms. The molecule has 0 aliphatic heterocycles. The van der Waals surface area contributed by atoms with Crippen LogP contribution in [0.5, 0.6) is 5.75 Å². The molecule has 0 saturated carbocycles. The molecule has 2 heteroatoms. The fourth-order valence-corrected chi connectivity index (χ4v) is 3.00. The fourth-order valence-electron chi connectivity index (χ4n) is 3.00. The molecule has 0 aliphatic rings. The van der Waals surface area contributed by atoms with Crippen molar-refractivity contribution in [2.75, 3.05) is 0 Å². The van der Waals surface area contributed by atoms with Gasteiger partial charge in [0.1, 0.15) is 5.75 Å². The Bertz CT molecular complexity index is 569. The number of para-hydroxylation sites is 1. The van der Waals surface area contributed by atoms with E-state index in [4.69, 9.17) is 4.74 Å². The van der Waals surface area contributed by atoms with E-state index < -0.39 is 0 Å². The average molecular weight is 383 g/mol. The van der Waals surface area contributed by atoms with Gasteiger partial charge >= 0.3 is 5.97 Å². The van der Waals surface area contributed by atoms with Crippen LogP contribution in [0.15, 0.2) is 66.8 Å². The third-order valence-corrected chi connectivity index (χ3v) is 4.64. The second-order valence-corrected chi connectivity index (χ2v) is 7.23. The van der Waals surface area contributed by atoms with Crippen LogP contribution in [-0.2, 0) is 4.79 Å². The van der Waals surface area contributed by atoms with Gasteiger partial charge in [0.15, 0.2) is 0 Å². The van der Waals surface area contributed by atoms with Gasteiger partial charge in [-0.1, -0.05) is 120 Å². The number of carbonyl (C=O) groups is 1. The Morgan fingerprint density at radius 1 is 0.750 bits per heavy atom. The monoisotopic (exact) mass is 382 g/mol. The first-order chi connectivity index (χ1) is 13.8. The molecule has 28 heavy (non-hydrogen) atoms. The number of hydrogen-bond acceptors (Lipinski definition) is 2. The average Bonchev–Trinajstić information content (AvgIpc) is 2.71. The fraction of sp³-hybridized carbons (Fsp3) is 0.500. The number of esters is 1. The summed E-state index contributed by atoms with van der Waals surface area (Å²) in [6.45, 7) is 2.27. The highest BCUT2D eigenvalue weighted by Gasteiger charge is 1.97. The normalized spacial score (nSPS) is 11.8. The van der Waals surface area contributed by atoms with Gasteiger partial charge in [0.05, 0.1) is 0 Å². The highest BCUT2D eigenvalue weighted by atomic mass is 16.5. The molecule has 2 nitrogen and oxygen atoms in total. The standard InChI is InChI=1S/C26H38O2/c1-2-3-4-5-6-7-8-9-10-11-12-13-14-15-16-17-21-24-26(27)28-25-22-19-18-20-23-25/h14-24H,2-13H2,1H3/b15-14+,17-16+,24-21+. The Labute approximate surface area is 172 Å². The Kier molecular flexibility index (Phi) is 15.6. The zero-order chi connectivity index (χ0) is 20.1. The molecule has 1 rings (SSSR count). The number of rotatable bonds is 16. The van der Waals surface area contributed by atoms with E-state index in [-0.39, 0.29) is 5.97 Å². The molecule has 1 aromatic carbocycles. The van der Waals surface area contributed by atoms with Crippen molar-refractivity contribution in [2.45, 2.75) is 84.0 Å². The summed E-state index contributed by atoms with van der Waals surface area (Å²) in [6.07, 6.45) is 27.5. The second kappa shape index (κ2) is 18.3. The van der Waals surface area contributed by atoms with Crippen molar-refractivity contribution in [1.82, 2.24) is 0 Å². The van der Waals surface area contributed by atoms with E-state index >= 15 is 0 Å². The van der Waals surface area contributed by atoms with Crippen LogP contribution in [0, 0.1) is 0 Å². The SMILES string of the molecule is CCCCCCCCCCCCC/C=C/C=C/C=C/C(=O)Oc1ccccc1. The van der Waals surface area contributed by atoms with E-state index in [1.165, 1.54) is 76.7 Å². The van der Waals surface area contributed by atoms with E-state index in [0.717, 1.165) is 6.42 Å². The van der Waals surface area contributed by atoms with Crippen molar-refractivity contribution in [2.24, 2.45) is 0 Å². The van der Waals surface area contributed by atoms with Gasteiger partial charge in [0.2, 0.25) is 0 Å². The van der Waals surface area contributed by atoms with E-state index in [9.17, 15) is 4.79 Å². The van der Waals surface area contributed by atoms with Gasteiger partial charge < -0.3 is 4.74 Å². The Morgan fingerprint density at radius 3 is 1.96 bits per heavy atom. The summed E-state index contributed by atoms with van der Waals surface area (Å²) < 4.78 is 5.17. The van der Waals surface area contributed by atoms with Crippen LogP contribution in [0.4, 0.5) is 0 Å². The Hall–Kier alpha value is -2.09. The molecule has 0 aromatic heterocycles. The minimum absolute atomic E-state index is 0.360. The zero-order valence-electron chi connectivity index (χ0n) is 17.7. The number of carbonyl (C=O) groups excluding carboxylic acids is 1. The molecule has 0 fully saturated rings. The van der Waals surface area contributed by atoms with Crippen molar-refractivity contribution < 1.29 is 9.53 Å². The van der Waals surface area contributed by atoms with Crippen molar-refractivity contribution in [3.05, 3.63) is 66.8 Å². The van der Waals surface area contributed by atoms with Crippen molar-refractivity contribution in [3.63, 3.8) is 0 Å². The van der Waals surface area contributed by atoms with Crippen LogP contribution in [0.2, 0.25) is 0 Å². The van der Waals surface area contributed by atoms with Crippen molar-refractivity contribution in [3.8, 4) is 5.75 Å². The maximum absolute atomic E-state index is 11.6. The van der Waals surface area contributed by atoms with Crippen LogP contribution < -0.4 is 4.74 Å². The lowest BCUT2D eigenvalue weighted by Gasteiger charge is -2.01. The van der Waals surface area contributed by atoms with Gasteiger partial charge in [0.25, 0.3) is 0 Å². The Morgan fingerprint density at radius 2 is 1.32 bits per heavy atom. The molecule has 0 unspecified atom stereocenters. The number of hydrogen-bond donors (Lipinski definition) is 0. The molecule has 0 spiro atoms. The summed E-state index contributed by atoms with van der Waals surface area (Å²) in [5.74, 6) is 0.203. The molecule has 0 atom stereocenters. The third-order valence-electron chi connectivity index (χ3n) is 4.64. The second-order valence-electron chi connectivity index (χ2n) is 7.23. The van der Waals surface area contributed by atoms with Crippen molar-refractivity contribution in [1.29, 1.82) is 0 Å². The number of benzene rings is 1. The quantitative estimate of drug-likeness (QED) is 0.0952. The summed E-state index contributed by atoms with van der Waals surface area (Å²) in [4.78, 5) is 11.6. The zero-order valence-corrected chi connectivity index (χ0v) is 17.7. The first-order valence-electron chi connectivity index (χ1n) is 11.1. The maximum Gasteiger partial charge on any atom is 0.336 e. The molecule has 0 saturated heterocycles. The highest BCUT2D eigenvalue weighted by molar-refractivity contribution is 5.84. The minimum Gasteiger partial charge on any atom is -0.423 e. The van der Waals surface area contributed by atoms with Gasteiger partial charge in [-0.2, -0.15) is 0 Å². The molecule has 0 radical (unpaired) electrons. The highest BCUT2D eigenvalue weighted by Crippen LogP contribution is 2.12. The third kappa shape index (κ3) is 15.0. The summed E-state index contributed by atoms with van der Waals surface area (Å²) in [6, 6.07) is 9.09. The number of unbranched alkanes of at least 4 members (excludes halogenated alkanes) is 11. The van der Waals surface area contributed by atoms with Gasteiger partial charge in [-0.05, 0) is 25.0 Å². The molecule has 0 N–H and O–H groups in total. The molecule has 1 aromatic rings. The number of ether oxygens (including phenoxy) is 1. The van der Waals surface area contributed by atoms with E-state index in [1.807, 2.05) is 36.4 Å². The minimum atomic E-state index is -0.360. The van der Waals surface area contributed by atoms with Crippen molar-refractivity contribution >= 4 is 5.97 Å².